The van der Waals surface area contributed by atoms with Crippen LogP contribution in [0.5, 0.6) is 0 Å². The minimum absolute atomic E-state index is 0.317. The molecule has 204 valence electrons. The summed E-state index contributed by atoms with van der Waals surface area (Å²) in [4.78, 5) is 5.33. The van der Waals surface area contributed by atoms with Crippen molar-refractivity contribution >= 4 is 33.2 Å². The van der Waals surface area contributed by atoms with Crippen LogP contribution in [0, 0.1) is 0 Å². The van der Waals surface area contributed by atoms with E-state index < -0.39 is 0 Å². The fraction of sp³-hybridized carbons (Fsp3) is 0.0250. The molecule has 0 bridgehead atoms. The van der Waals surface area contributed by atoms with Crippen molar-refractivity contribution in [1.29, 1.82) is 0 Å². The monoisotopic (exact) mass is 551 g/mol. The van der Waals surface area contributed by atoms with Crippen molar-refractivity contribution in [2.45, 2.75) is 6.29 Å². The van der Waals surface area contributed by atoms with E-state index in [0.717, 1.165) is 33.6 Å². The van der Waals surface area contributed by atoms with Gasteiger partial charge in [0.25, 0.3) is 0 Å². The number of aromatic nitrogens is 1. The highest BCUT2D eigenvalue weighted by atomic mass is 15.3. The van der Waals surface area contributed by atoms with E-state index >= 15 is 0 Å². The number of rotatable bonds is 5. The molecule has 6 aromatic carbocycles. The van der Waals surface area contributed by atoms with Gasteiger partial charge in [0, 0.05) is 16.5 Å². The molecule has 2 heterocycles. The van der Waals surface area contributed by atoms with Gasteiger partial charge in [0.05, 0.1) is 16.7 Å². The molecule has 0 amide bonds. The standard InChI is InChI=1S/C40H29N3/c1-3-11-28(12-4-1)30-19-23-32(24-20-30)36-27-37(33-25-21-31(22-26-33)29-13-5-2-6-14-29)42-40(41-36)43-38-17-9-7-15-34(38)35-16-8-10-18-39(35)43/h1-27,40-41H. The smallest absolute Gasteiger partial charge is 0.201 e. The number of aliphatic imine (C=N–C) groups is 1. The normalized spacial score (nSPS) is 14.7. The number of nitrogens with zero attached hydrogens (tertiary/aromatic N) is 2. The largest absolute Gasteiger partial charge is 0.346 e. The Kier molecular flexibility index (Phi) is 6.20. The van der Waals surface area contributed by atoms with Crippen LogP contribution in [-0.4, -0.2) is 10.3 Å². The summed E-state index contributed by atoms with van der Waals surface area (Å²) in [6.45, 7) is 0. The van der Waals surface area contributed by atoms with E-state index in [-0.39, 0.29) is 6.29 Å². The lowest BCUT2D eigenvalue weighted by atomic mass is 9.99. The number of hydrogen-bond acceptors (Lipinski definition) is 2. The molecule has 1 unspecified atom stereocenters. The molecule has 7 aromatic rings. The molecular weight excluding hydrogens is 522 g/mol. The zero-order chi connectivity index (χ0) is 28.6. The van der Waals surface area contributed by atoms with Crippen molar-refractivity contribution in [3.05, 3.63) is 175 Å². The first-order valence-corrected chi connectivity index (χ1v) is 14.7. The molecule has 0 spiro atoms. The second-order valence-electron chi connectivity index (χ2n) is 10.9. The van der Waals surface area contributed by atoms with Gasteiger partial charge in [-0.3, -0.25) is 0 Å². The predicted molar refractivity (Wildman–Crippen MR) is 180 cm³/mol. The van der Waals surface area contributed by atoms with Gasteiger partial charge in [-0.1, -0.05) is 146 Å². The summed E-state index contributed by atoms with van der Waals surface area (Å²) in [5, 5.41) is 6.25. The molecule has 1 aromatic heterocycles. The lowest BCUT2D eigenvalue weighted by Gasteiger charge is -2.27. The molecule has 8 rings (SSSR count). The van der Waals surface area contributed by atoms with Crippen molar-refractivity contribution in [2.75, 3.05) is 0 Å². The summed E-state index contributed by atoms with van der Waals surface area (Å²) in [6, 6.07) is 55.7. The van der Waals surface area contributed by atoms with Gasteiger partial charge in [-0.2, -0.15) is 0 Å². The van der Waals surface area contributed by atoms with E-state index in [0.29, 0.717) is 0 Å². The third-order valence-corrected chi connectivity index (χ3v) is 8.28. The Morgan fingerprint density at radius 1 is 0.419 bits per heavy atom. The molecule has 1 aliphatic rings. The van der Waals surface area contributed by atoms with Gasteiger partial charge in [-0.05, 0) is 51.6 Å². The minimum Gasteiger partial charge on any atom is -0.346 e. The molecule has 1 atom stereocenters. The fourth-order valence-corrected chi connectivity index (χ4v) is 6.12. The molecule has 3 heteroatoms. The first kappa shape index (κ1) is 25.1. The average Bonchev–Trinajstić information content (AvgIpc) is 3.43. The Morgan fingerprint density at radius 3 is 1.37 bits per heavy atom. The van der Waals surface area contributed by atoms with Crippen molar-refractivity contribution in [1.82, 2.24) is 9.88 Å². The summed E-state index contributed by atoms with van der Waals surface area (Å²) in [5.41, 5.74) is 11.3. The van der Waals surface area contributed by atoms with Gasteiger partial charge >= 0.3 is 0 Å². The SMILES string of the molecule is C1=C(c2ccc(-c3ccccc3)cc2)NC(n2c3ccccc3c3ccccc32)N=C1c1ccc(-c2ccccc2)cc1. The number of nitrogens with one attached hydrogen (secondary N) is 1. The second-order valence-corrected chi connectivity index (χ2v) is 10.9. The molecule has 0 saturated heterocycles. The Hall–Kier alpha value is -5.67. The van der Waals surface area contributed by atoms with Crippen LogP contribution >= 0.6 is 0 Å². The molecular formula is C40H29N3. The minimum atomic E-state index is -0.317. The molecule has 0 fully saturated rings. The Balaban J connectivity index is 1.25. The summed E-state index contributed by atoms with van der Waals surface area (Å²) in [6.07, 6.45) is 1.86. The zero-order valence-corrected chi connectivity index (χ0v) is 23.6. The molecule has 43 heavy (non-hydrogen) atoms. The van der Waals surface area contributed by atoms with Crippen LogP contribution in [-0.2, 0) is 0 Å². The Labute approximate surface area is 251 Å². The van der Waals surface area contributed by atoms with E-state index in [2.05, 4.69) is 174 Å². The zero-order valence-electron chi connectivity index (χ0n) is 23.6. The molecule has 3 nitrogen and oxygen atoms in total. The van der Waals surface area contributed by atoms with Crippen LogP contribution in [0.1, 0.15) is 17.4 Å². The highest BCUT2D eigenvalue weighted by Crippen LogP contribution is 2.34. The van der Waals surface area contributed by atoms with Gasteiger partial charge in [0.2, 0.25) is 6.29 Å². The van der Waals surface area contributed by atoms with Crippen molar-refractivity contribution in [2.24, 2.45) is 4.99 Å². The average molecular weight is 552 g/mol. The number of fused-ring (bicyclic) bond motifs is 3. The summed E-state index contributed by atoms with van der Waals surface area (Å²) >= 11 is 0. The maximum absolute atomic E-state index is 5.33. The highest BCUT2D eigenvalue weighted by molar-refractivity contribution is 6.13. The van der Waals surface area contributed by atoms with Gasteiger partial charge in [0.15, 0.2) is 0 Å². The van der Waals surface area contributed by atoms with Gasteiger partial charge < -0.3 is 9.88 Å². The number of hydrogen-bond donors (Lipinski definition) is 1. The number of allylic oxidation sites excluding steroid dienone is 1. The lowest BCUT2D eigenvalue weighted by molar-refractivity contribution is 0.508. The van der Waals surface area contributed by atoms with Crippen LogP contribution in [0.2, 0.25) is 0 Å². The lowest BCUT2D eigenvalue weighted by Crippen LogP contribution is -2.29. The first-order chi connectivity index (χ1) is 21.3. The Morgan fingerprint density at radius 2 is 0.837 bits per heavy atom. The van der Waals surface area contributed by atoms with E-state index in [1.54, 1.807) is 0 Å². The van der Waals surface area contributed by atoms with Crippen molar-refractivity contribution in [3.63, 3.8) is 0 Å². The molecule has 0 radical (unpaired) electrons. The van der Waals surface area contributed by atoms with Crippen molar-refractivity contribution in [3.8, 4) is 22.3 Å². The summed E-state index contributed by atoms with van der Waals surface area (Å²) < 4.78 is 2.33. The van der Waals surface area contributed by atoms with Gasteiger partial charge in [-0.15, -0.1) is 0 Å². The summed E-state index contributed by atoms with van der Waals surface area (Å²) in [5.74, 6) is 0. The van der Waals surface area contributed by atoms with E-state index in [9.17, 15) is 0 Å². The van der Waals surface area contributed by atoms with Gasteiger partial charge in [0.1, 0.15) is 0 Å². The van der Waals surface area contributed by atoms with E-state index in [4.69, 9.17) is 4.99 Å². The van der Waals surface area contributed by atoms with Crippen LogP contribution in [0.3, 0.4) is 0 Å². The second kappa shape index (κ2) is 10.6. The third kappa shape index (κ3) is 4.61. The van der Waals surface area contributed by atoms with E-state index in [1.165, 1.54) is 33.0 Å². The molecule has 0 saturated carbocycles. The molecule has 1 N–H and O–H groups in total. The Bertz CT molecular complexity index is 2070. The predicted octanol–water partition coefficient (Wildman–Crippen LogP) is 9.72. The highest BCUT2D eigenvalue weighted by Gasteiger charge is 2.23. The van der Waals surface area contributed by atoms with Crippen molar-refractivity contribution < 1.29 is 0 Å². The topological polar surface area (TPSA) is 29.3 Å². The molecule has 0 aliphatic carbocycles. The maximum Gasteiger partial charge on any atom is 0.201 e. The van der Waals surface area contributed by atoms with Crippen LogP contribution in [0.4, 0.5) is 0 Å². The first-order valence-electron chi connectivity index (χ1n) is 14.7. The van der Waals surface area contributed by atoms with E-state index in [1.807, 2.05) is 0 Å². The van der Waals surface area contributed by atoms with Crippen LogP contribution < -0.4 is 5.32 Å². The fourth-order valence-electron chi connectivity index (χ4n) is 6.12. The number of benzene rings is 6. The number of para-hydroxylation sites is 2. The maximum atomic E-state index is 5.33. The van der Waals surface area contributed by atoms with Gasteiger partial charge in [-0.25, -0.2) is 4.99 Å². The molecule has 1 aliphatic heterocycles. The van der Waals surface area contributed by atoms with Crippen LogP contribution in [0.15, 0.2) is 169 Å². The third-order valence-electron chi connectivity index (χ3n) is 8.28. The quantitative estimate of drug-likeness (QED) is 0.227. The van der Waals surface area contributed by atoms with Crippen LogP contribution in [0.25, 0.3) is 49.8 Å². The summed E-state index contributed by atoms with van der Waals surface area (Å²) in [7, 11) is 0.